The molecule has 0 radical (unpaired) electrons. The normalized spacial score (nSPS) is 12.3. The summed E-state index contributed by atoms with van der Waals surface area (Å²) in [4.78, 5) is 25.2. The molecule has 1 atom stereocenters. The van der Waals surface area contributed by atoms with Gasteiger partial charge in [-0.25, -0.2) is 5.48 Å². The number of fused-ring (bicyclic) bond motifs is 1. The molecule has 1 unspecified atom stereocenters. The number of hydrogen-bond acceptors (Lipinski definition) is 3. The lowest BCUT2D eigenvalue weighted by Crippen LogP contribution is -2.34. The Morgan fingerprint density at radius 1 is 1.33 bits per heavy atom. The molecule has 0 saturated heterocycles. The third-order valence-corrected chi connectivity index (χ3v) is 2.82. The average molecular weight is 248 g/mol. The Labute approximate surface area is 102 Å². The summed E-state index contributed by atoms with van der Waals surface area (Å²) in [6.07, 6.45) is 1.69. The number of hydroxylamine groups is 1. The smallest absolute Gasteiger partial charge is 0.316 e. The van der Waals surface area contributed by atoms with E-state index < -0.39 is 17.8 Å². The molecule has 6 heteroatoms. The molecule has 1 aromatic carbocycles. The van der Waals surface area contributed by atoms with Gasteiger partial charge in [0.25, 0.3) is 5.91 Å². The molecule has 0 aliphatic carbocycles. The number of amides is 1. The van der Waals surface area contributed by atoms with Gasteiger partial charge >= 0.3 is 5.97 Å². The molecule has 18 heavy (non-hydrogen) atoms. The second kappa shape index (κ2) is 4.89. The predicted octanol–water partition coefficient (Wildman–Crippen LogP) is 0.917. The third-order valence-electron chi connectivity index (χ3n) is 2.82. The van der Waals surface area contributed by atoms with Gasteiger partial charge in [0.1, 0.15) is 5.92 Å². The average Bonchev–Trinajstić information content (AvgIpc) is 2.78. The van der Waals surface area contributed by atoms with Gasteiger partial charge in [-0.05, 0) is 18.1 Å². The van der Waals surface area contributed by atoms with E-state index in [0.717, 1.165) is 16.5 Å². The van der Waals surface area contributed by atoms with E-state index in [4.69, 9.17) is 10.3 Å². The summed E-state index contributed by atoms with van der Waals surface area (Å²) in [5.41, 5.74) is 2.98. The van der Waals surface area contributed by atoms with Gasteiger partial charge in [-0.3, -0.25) is 14.8 Å². The number of rotatable bonds is 4. The maximum atomic E-state index is 11.3. The molecule has 6 nitrogen and oxygen atoms in total. The number of benzene rings is 1. The highest BCUT2D eigenvalue weighted by Gasteiger charge is 2.27. The summed E-state index contributed by atoms with van der Waals surface area (Å²) >= 11 is 0. The number of carbonyl (C=O) groups excluding carboxylic acids is 1. The Hall–Kier alpha value is -2.34. The van der Waals surface area contributed by atoms with Crippen LogP contribution in [0.15, 0.2) is 30.5 Å². The molecule has 0 fully saturated rings. The fourth-order valence-corrected chi connectivity index (χ4v) is 1.89. The van der Waals surface area contributed by atoms with Crippen molar-refractivity contribution in [2.45, 2.75) is 6.42 Å². The number of carboxylic acid groups (broad SMARTS) is 1. The van der Waals surface area contributed by atoms with Crippen LogP contribution in [-0.4, -0.2) is 27.2 Å². The molecule has 2 aromatic rings. The lowest BCUT2D eigenvalue weighted by atomic mass is 9.98. The lowest BCUT2D eigenvalue weighted by molar-refractivity contribution is -0.150. The summed E-state index contributed by atoms with van der Waals surface area (Å²) in [5.74, 6) is -3.51. The van der Waals surface area contributed by atoms with Gasteiger partial charge in [0.2, 0.25) is 0 Å². The van der Waals surface area contributed by atoms with Crippen LogP contribution in [0.3, 0.4) is 0 Å². The first-order valence-electron chi connectivity index (χ1n) is 5.35. The minimum Gasteiger partial charge on any atom is -0.481 e. The Morgan fingerprint density at radius 3 is 2.72 bits per heavy atom. The highest BCUT2D eigenvalue weighted by molar-refractivity contribution is 5.97. The van der Waals surface area contributed by atoms with Crippen LogP contribution >= 0.6 is 0 Å². The van der Waals surface area contributed by atoms with E-state index in [-0.39, 0.29) is 6.42 Å². The maximum absolute atomic E-state index is 11.3. The van der Waals surface area contributed by atoms with Gasteiger partial charge < -0.3 is 10.1 Å². The van der Waals surface area contributed by atoms with Crippen LogP contribution in [0.4, 0.5) is 0 Å². The topological polar surface area (TPSA) is 102 Å². The first-order valence-corrected chi connectivity index (χ1v) is 5.35. The number of aromatic nitrogens is 1. The minimum atomic E-state index is -1.31. The zero-order valence-corrected chi connectivity index (χ0v) is 9.38. The first-order chi connectivity index (χ1) is 8.63. The third kappa shape index (κ3) is 2.18. The van der Waals surface area contributed by atoms with Crippen LogP contribution in [0.5, 0.6) is 0 Å². The largest absolute Gasteiger partial charge is 0.481 e. The number of hydrogen-bond donors (Lipinski definition) is 4. The highest BCUT2D eigenvalue weighted by atomic mass is 16.5. The van der Waals surface area contributed by atoms with E-state index >= 15 is 0 Å². The van der Waals surface area contributed by atoms with Crippen molar-refractivity contribution < 1.29 is 19.9 Å². The van der Waals surface area contributed by atoms with E-state index in [0.29, 0.717) is 0 Å². The molecule has 0 aliphatic rings. The van der Waals surface area contributed by atoms with Crippen molar-refractivity contribution in [2.75, 3.05) is 0 Å². The molecule has 1 aromatic heterocycles. The number of aromatic amines is 1. The summed E-state index contributed by atoms with van der Waals surface area (Å²) in [6, 6.07) is 7.40. The summed E-state index contributed by atoms with van der Waals surface area (Å²) < 4.78 is 0. The Balaban J connectivity index is 2.32. The van der Waals surface area contributed by atoms with E-state index in [1.165, 1.54) is 5.48 Å². The molecule has 1 amide bonds. The first kappa shape index (κ1) is 12.1. The molecule has 0 saturated carbocycles. The second-order valence-corrected chi connectivity index (χ2v) is 3.93. The SMILES string of the molecule is O=C(O)C(Cc1c[nH]c2ccccc12)C(=O)NO. The lowest BCUT2D eigenvalue weighted by Gasteiger charge is -2.09. The van der Waals surface area contributed by atoms with E-state index in [9.17, 15) is 9.59 Å². The molecular weight excluding hydrogens is 236 g/mol. The van der Waals surface area contributed by atoms with Gasteiger partial charge in [-0.1, -0.05) is 18.2 Å². The maximum Gasteiger partial charge on any atom is 0.316 e. The van der Waals surface area contributed by atoms with Gasteiger partial charge in [0.05, 0.1) is 0 Å². The van der Waals surface area contributed by atoms with Gasteiger partial charge in [-0.2, -0.15) is 0 Å². The molecule has 0 bridgehead atoms. The monoisotopic (exact) mass is 248 g/mol. The van der Waals surface area contributed by atoms with Crippen LogP contribution in [0.1, 0.15) is 5.56 Å². The van der Waals surface area contributed by atoms with Crippen molar-refractivity contribution in [1.29, 1.82) is 0 Å². The van der Waals surface area contributed by atoms with Crippen LogP contribution in [0, 0.1) is 5.92 Å². The molecule has 0 spiro atoms. The van der Waals surface area contributed by atoms with Crippen molar-refractivity contribution in [3.63, 3.8) is 0 Å². The van der Waals surface area contributed by atoms with Gasteiger partial charge in [0, 0.05) is 17.1 Å². The highest BCUT2D eigenvalue weighted by Crippen LogP contribution is 2.21. The van der Waals surface area contributed by atoms with Crippen molar-refractivity contribution in [3.05, 3.63) is 36.0 Å². The number of nitrogens with one attached hydrogen (secondary N) is 2. The fourth-order valence-electron chi connectivity index (χ4n) is 1.89. The van der Waals surface area contributed by atoms with Crippen molar-refractivity contribution in [2.24, 2.45) is 5.92 Å². The van der Waals surface area contributed by atoms with E-state index in [2.05, 4.69) is 4.98 Å². The fraction of sp³-hybridized carbons (Fsp3) is 0.167. The second-order valence-electron chi connectivity index (χ2n) is 3.93. The number of H-pyrrole nitrogens is 1. The van der Waals surface area contributed by atoms with Gasteiger partial charge in [0.15, 0.2) is 0 Å². The molecule has 94 valence electrons. The van der Waals surface area contributed by atoms with Gasteiger partial charge in [-0.15, -0.1) is 0 Å². The zero-order valence-electron chi connectivity index (χ0n) is 9.38. The van der Waals surface area contributed by atoms with Crippen molar-refractivity contribution >= 4 is 22.8 Å². The van der Waals surface area contributed by atoms with Crippen LogP contribution < -0.4 is 5.48 Å². The number of carbonyl (C=O) groups is 2. The van der Waals surface area contributed by atoms with Crippen molar-refractivity contribution in [3.8, 4) is 0 Å². The minimum absolute atomic E-state index is 0.0196. The van der Waals surface area contributed by atoms with E-state index in [1.807, 2.05) is 24.3 Å². The van der Waals surface area contributed by atoms with Crippen LogP contribution in [0.2, 0.25) is 0 Å². The van der Waals surface area contributed by atoms with E-state index in [1.54, 1.807) is 6.20 Å². The predicted molar refractivity (Wildman–Crippen MR) is 63.1 cm³/mol. The molecule has 1 heterocycles. The Kier molecular flexibility index (Phi) is 3.29. The number of para-hydroxylation sites is 1. The number of aliphatic carboxylic acids is 1. The summed E-state index contributed by atoms with van der Waals surface area (Å²) in [7, 11) is 0. The molecule has 0 aliphatic heterocycles. The summed E-state index contributed by atoms with van der Waals surface area (Å²) in [5, 5.41) is 18.4. The summed E-state index contributed by atoms with van der Waals surface area (Å²) in [6.45, 7) is 0. The standard InChI is InChI=1S/C12H12N2O4/c15-11(14-18)9(12(16)17)5-7-6-13-10-4-2-1-3-8(7)10/h1-4,6,9,13,18H,5H2,(H,14,15)(H,16,17). The zero-order chi connectivity index (χ0) is 13.1. The number of carboxylic acids is 1. The Bertz CT molecular complexity index is 591. The van der Waals surface area contributed by atoms with Crippen LogP contribution in [-0.2, 0) is 16.0 Å². The molecular formula is C12H12N2O4. The quantitative estimate of drug-likeness (QED) is 0.367. The Morgan fingerprint density at radius 2 is 2.06 bits per heavy atom. The molecule has 4 N–H and O–H groups in total. The van der Waals surface area contributed by atoms with Crippen LogP contribution in [0.25, 0.3) is 10.9 Å². The molecule has 2 rings (SSSR count). The van der Waals surface area contributed by atoms with Crippen molar-refractivity contribution in [1.82, 2.24) is 10.5 Å².